The molecule has 4 heteroatoms. The highest BCUT2D eigenvalue weighted by Gasteiger charge is 2.22. The first-order chi connectivity index (χ1) is 6.52. The van der Waals surface area contributed by atoms with Crippen LogP contribution < -0.4 is 0 Å². The van der Waals surface area contributed by atoms with Crippen molar-refractivity contribution in [3.63, 3.8) is 0 Å². The maximum atomic E-state index is 10.6. The van der Waals surface area contributed by atoms with E-state index in [-0.39, 0.29) is 5.92 Å². The maximum Gasteiger partial charge on any atom is 0.322 e. The minimum absolute atomic E-state index is 0.230. The first kappa shape index (κ1) is 11.3. The molecule has 0 saturated carbocycles. The first-order valence-corrected chi connectivity index (χ1v) is 4.96. The van der Waals surface area contributed by atoms with Gasteiger partial charge in [0.05, 0.1) is 0 Å². The van der Waals surface area contributed by atoms with E-state index in [9.17, 15) is 4.79 Å². The summed E-state index contributed by atoms with van der Waals surface area (Å²) >= 11 is 11.4. The van der Waals surface area contributed by atoms with E-state index in [4.69, 9.17) is 28.3 Å². The number of halogens is 2. The van der Waals surface area contributed by atoms with Crippen LogP contribution in [0.4, 0.5) is 0 Å². The van der Waals surface area contributed by atoms with E-state index in [1.807, 2.05) is 0 Å². The van der Waals surface area contributed by atoms with Crippen LogP contribution in [0.15, 0.2) is 24.3 Å². The van der Waals surface area contributed by atoms with Crippen LogP contribution in [0.1, 0.15) is 18.4 Å². The van der Waals surface area contributed by atoms with Crippen LogP contribution in [-0.4, -0.2) is 16.5 Å². The summed E-state index contributed by atoms with van der Waals surface area (Å²) in [6.07, 6.45) is 0. The standard InChI is InChI=1S/C10H10Cl2O2/c1-6(9(12)10(13)14)7-2-4-8(11)5-3-7/h2-6,9H,1H3,(H,13,14). The third-order valence-electron chi connectivity index (χ3n) is 2.07. The molecular weight excluding hydrogens is 223 g/mol. The molecular formula is C10H10Cl2O2. The predicted molar refractivity (Wildman–Crippen MR) is 57.1 cm³/mol. The highest BCUT2D eigenvalue weighted by molar-refractivity contribution is 6.31. The highest BCUT2D eigenvalue weighted by Crippen LogP contribution is 2.24. The lowest BCUT2D eigenvalue weighted by atomic mass is 9.98. The van der Waals surface area contributed by atoms with Gasteiger partial charge in [-0.1, -0.05) is 30.7 Å². The van der Waals surface area contributed by atoms with Gasteiger partial charge in [-0.3, -0.25) is 4.79 Å². The molecule has 0 heterocycles. The number of carboxylic acid groups (broad SMARTS) is 1. The minimum atomic E-state index is -1.01. The van der Waals surface area contributed by atoms with Crippen molar-refractivity contribution in [3.05, 3.63) is 34.9 Å². The molecule has 2 unspecified atom stereocenters. The van der Waals surface area contributed by atoms with Gasteiger partial charge in [-0.15, -0.1) is 11.6 Å². The number of hydrogen-bond donors (Lipinski definition) is 1. The van der Waals surface area contributed by atoms with Gasteiger partial charge in [-0.25, -0.2) is 0 Å². The molecule has 0 aromatic heterocycles. The van der Waals surface area contributed by atoms with E-state index in [2.05, 4.69) is 0 Å². The molecule has 2 atom stereocenters. The average Bonchev–Trinajstić information content (AvgIpc) is 2.16. The second-order valence-corrected chi connectivity index (χ2v) is 3.99. The summed E-state index contributed by atoms with van der Waals surface area (Å²) in [7, 11) is 0. The van der Waals surface area contributed by atoms with Gasteiger partial charge in [0, 0.05) is 10.9 Å². The SMILES string of the molecule is CC(c1ccc(Cl)cc1)C(Cl)C(=O)O. The highest BCUT2D eigenvalue weighted by atomic mass is 35.5. The Bertz CT molecular complexity index is 321. The summed E-state index contributed by atoms with van der Waals surface area (Å²) in [6.45, 7) is 1.77. The van der Waals surface area contributed by atoms with Crippen molar-refractivity contribution in [2.24, 2.45) is 0 Å². The Morgan fingerprint density at radius 2 is 1.86 bits per heavy atom. The second kappa shape index (κ2) is 4.67. The van der Waals surface area contributed by atoms with Crippen molar-refractivity contribution in [1.82, 2.24) is 0 Å². The van der Waals surface area contributed by atoms with Crippen LogP contribution in [0.3, 0.4) is 0 Å². The number of carbonyl (C=O) groups is 1. The van der Waals surface area contributed by atoms with Crippen LogP contribution in [-0.2, 0) is 4.79 Å². The van der Waals surface area contributed by atoms with Gasteiger partial charge in [-0.2, -0.15) is 0 Å². The average molecular weight is 233 g/mol. The summed E-state index contributed by atoms with van der Waals surface area (Å²) < 4.78 is 0. The van der Waals surface area contributed by atoms with E-state index >= 15 is 0 Å². The third kappa shape index (κ3) is 2.63. The molecule has 0 aliphatic carbocycles. The molecule has 1 N–H and O–H groups in total. The van der Waals surface area contributed by atoms with Crippen LogP contribution in [0, 0.1) is 0 Å². The maximum absolute atomic E-state index is 10.6. The molecule has 1 aromatic rings. The lowest BCUT2D eigenvalue weighted by molar-refractivity contribution is -0.136. The fourth-order valence-electron chi connectivity index (χ4n) is 1.15. The topological polar surface area (TPSA) is 37.3 Å². The largest absolute Gasteiger partial charge is 0.480 e. The Hall–Kier alpha value is -0.730. The van der Waals surface area contributed by atoms with Crippen molar-refractivity contribution in [1.29, 1.82) is 0 Å². The van der Waals surface area contributed by atoms with Crippen LogP contribution in [0.5, 0.6) is 0 Å². The Kier molecular flexibility index (Phi) is 3.78. The molecule has 0 aliphatic rings. The lowest BCUT2D eigenvalue weighted by Gasteiger charge is -2.14. The molecule has 0 amide bonds. The molecule has 0 fully saturated rings. The van der Waals surface area contributed by atoms with Crippen molar-refractivity contribution in [2.45, 2.75) is 18.2 Å². The smallest absolute Gasteiger partial charge is 0.322 e. The zero-order chi connectivity index (χ0) is 10.7. The number of aliphatic carboxylic acids is 1. The molecule has 0 bridgehead atoms. The van der Waals surface area contributed by atoms with Gasteiger partial charge in [0.1, 0.15) is 5.38 Å². The molecule has 1 aromatic carbocycles. The van der Waals surface area contributed by atoms with Crippen molar-refractivity contribution in [3.8, 4) is 0 Å². The number of rotatable bonds is 3. The molecule has 2 nitrogen and oxygen atoms in total. The normalized spacial score (nSPS) is 14.8. The summed E-state index contributed by atoms with van der Waals surface area (Å²) in [4.78, 5) is 10.6. The monoisotopic (exact) mass is 232 g/mol. The molecule has 0 aliphatic heterocycles. The molecule has 0 radical (unpaired) electrons. The van der Waals surface area contributed by atoms with Crippen molar-refractivity contribution < 1.29 is 9.90 Å². The third-order valence-corrected chi connectivity index (χ3v) is 2.89. The number of benzene rings is 1. The molecule has 0 saturated heterocycles. The van der Waals surface area contributed by atoms with Gasteiger partial charge < -0.3 is 5.11 Å². The predicted octanol–water partition coefficient (Wildman–Crippen LogP) is 3.14. The van der Waals surface area contributed by atoms with Crippen LogP contribution in [0.25, 0.3) is 0 Å². The Morgan fingerprint density at radius 3 is 2.29 bits per heavy atom. The summed E-state index contributed by atoms with van der Waals surface area (Å²) in [5, 5.41) is 8.43. The van der Waals surface area contributed by atoms with Gasteiger partial charge in [0.15, 0.2) is 0 Å². The Morgan fingerprint density at radius 1 is 1.36 bits per heavy atom. The van der Waals surface area contributed by atoms with E-state index in [0.717, 1.165) is 5.56 Å². The molecule has 76 valence electrons. The quantitative estimate of drug-likeness (QED) is 0.814. The van der Waals surface area contributed by atoms with E-state index in [1.165, 1.54) is 0 Å². The van der Waals surface area contributed by atoms with Gasteiger partial charge in [-0.05, 0) is 17.7 Å². The lowest BCUT2D eigenvalue weighted by Crippen LogP contribution is -2.20. The zero-order valence-corrected chi connectivity index (χ0v) is 9.09. The second-order valence-electron chi connectivity index (χ2n) is 3.08. The van der Waals surface area contributed by atoms with E-state index in [0.29, 0.717) is 5.02 Å². The van der Waals surface area contributed by atoms with Crippen LogP contribution in [0.2, 0.25) is 5.02 Å². The number of carboxylic acids is 1. The summed E-state index contributed by atoms with van der Waals surface area (Å²) in [6, 6.07) is 7.01. The Balaban J connectivity index is 2.84. The summed E-state index contributed by atoms with van der Waals surface area (Å²) in [5.74, 6) is -1.24. The van der Waals surface area contributed by atoms with E-state index < -0.39 is 11.3 Å². The summed E-state index contributed by atoms with van der Waals surface area (Å²) in [5.41, 5.74) is 0.872. The van der Waals surface area contributed by atoms with Gasteiger partial charge in [0.25, 0.3) is 0 Å². The first-order valence-electron chi connectivity index (χ1n) is 4.14. The van der Waals surface area contributed by atoms with Crippen molar-refractivity contribution in [2.75, 3.05) is 0 Å². The number of alkyl halides is 1. The molecule has 1 rings (SSSR count). The fraction of sp³-hybridized carbons (Fsp3) is 0.300. The molecule has 14 heavy (non-hydrogen) atoms. The minimum Gasteiger partial charge on any atom is -0.480 e. The van der Waals surface area contributed by atoms with E-state index in [1.54, 1.807) is 31.2 Å². The fourth-order valence-corrected chi connectivity index (χ4v) is 1.42. The molecule has 0 spiro atoms. The van der Waals surface area contributed by atoms with Gasteiger partial charge >= 0.3 is 5.97 Å². The number of hydrogen-bond acceptors (Lipinski definition) is 1. The zero-order valence-electron chi connectivity index (χ0n) is 7.58. The Labute approximate surface area is 92.5 Å². The van der Waals surface area contributed by atoms with Gasteiger partial charge in [0.2, 0.25) is 0 Å². The van der Waals surface area contributed by atoms with Crippen LogP contribution >= 0.6 is 23.2 Å². The van der Waals surface area contributed by atoms with Crippen molar-refractivity contribution >= 4 is 29.2 Å².